The Morgan fingerprint density at radius 3 is 1.91 bits per heavy atom. The van der Waals surface area contributed by atoms with Crippen molar-refractivity contribution in [1.82, 2.24) is 36.5 Å². The van der Waals surface area contributed by atoms with Crippen LogP contribution >= 0.6 is 0 Å². The van der Waals surface area contributed by atoms with Gasteiger partial charge in [-0.15, -0.1) is 0 Å². The molecule has 0 radical (unpaired) electrons. The highest BCUT2D eigenvalue weighted by molar-refractivity contribution is 5.99. The first-order chi connectivity index (χ1) is 26.7. The molecular formula is C36H55N13O7. The van der Waals surface area contributed by atoms with E-state index in [2.05, 4.69) is 41.6 Å². The summed E-state index contributed by atoms with van der Waals surface area (Å²) < 4.78 is 0. The van der Waals surface area contributed by atoms with E-state index < -0.39 is 77.8 Å². The third-order valence-electron chi connectivity index (χ3n) is 9.81. The largest absolute Gasteiger partial charge is 0.391 e. The summed E-state index contributed by atoms with van der Waals surface area (Å²) in [6.45, 7) is 3.39. The van der Waals surface area contributed by atoms with Crippen LogP contribution in [0.15, 0.2) is 40.4 Å². The predicted molar refractivity (Wildman–Crippen MR) is 208 cm³/mol. The number of carbonyl (C=O) groups excluding carboxylic acids is 6. The molecule has 2 saturated heterocycles. The van der Waals surface area contributed by atoms with Gasteiger partial charge in [-0.2, -0.15) is 0 Å². The molecule has 4 rings (SSSR count). The van der Waals surface area contributed by atoms with Gasteiger partial charge in [0.05, 0.1) is 6.10 Å². The fourth-order valence-corrected chi connectivity index (χ4v) is 6.85. The maximum Gasteiger partial charge on any atom is 0.246 e. The summed E-state index contributed by atoms with van der Waals surface area (Å²) in [5, 5.41) is 24.8. The number of amides is 6. The highest BCUT2D eigenvalue weighted by atomic mass is 16.3. The lowest BCUT2D eigenvalue weighted by atomic mass is 10.0. The minimum Gasteiger partial charge on any atom is -0.391 e. The summed E-state index contributed by atoms with van der Waals surface area (Å²) in [4.78, 5) is 96.2. The predicted octanol–water partition coefficient (Wildman–Crippen LogP) is -2.96. The zero-order valence-electron chi connectivity index (χ0n) is 31.8. The average molecular weight is 782 g/mol. The monoisotopic (exact) mass is 781 g/mol. The van der Waals surface area contributed by atoms with Gasteiger partial charge < -0.3 is 64.5 Å². The number of carbonyl (C=O) groups is 6. The number of aromatic nitrogens is 1. The van der Waals surface area contributed by atoms with Crippen LogP contribution < -0.4 is 49.5 Å². The summed E-state index contributed by atoms with van der Waals surface area (Å²) in [5.41, 5.74) is 23.5. The van der Waals surface area contributed by atoms with E-state index in [1.807, 2.05) is 24.3 Å². The fourth-order valence-electron chi connectivity index (χ4n) is 6.85. The Morgan fingerprint density at radius 2 is 1.34 bits per heavy atom. The van der Waals surface area contributed by atoms with E-state index in [0.717, 1.165) is 16.5 Å². The Hall–Kier alpha value is -5.92. The van der Waals surface area contributed by atoms with Crippen LogP contribution in [0.25, 0.3) is 10.9 Å². The van der Waals surface area contributed by atoms with Crippen LogP contribution in [0.2, 0.25) is 0 Å². The first-order valence-corrected chi connectivity index (χ1v) is 18.9. The lowest BCUT2D eigenvalue weighted by Gasteiger charge is -2.32. The van der Waals surface area contributed by atoms with Crippen LogP contribution in [0.1, 0.15) is 64.4 Å². The molecular weight excluding hydrogens is 726 g/mol. The second kappa shape index (κ2) is 20.1. The quantitative estimate of drug-likeness (QED) is 0.0587. The van der Waals surface area contributed by atoms with Crippen molar-refractivity contribution < 1.29 is 33.9 Å². The fraction of sp³-hybridized carbons (Fsp3) is 0.556. The number of hydrogen-bond donors (Lipinski definition) is 11. The molecule has 2 aliphatic heterocycles. The number of aliphatic hydroxyl groups excluding tert-OH is 1. The van der Waals surface area contributed by atoms with E-state index in [-0.39, 0.29) is 76.5 Å². The molecule has 0 spiro atoms. The Labute approximate surface area is 324 Å². The van der Waals surface area contributed by atoms with Crippen molar-refractivity contribution in [3.8, 4) is 0 Å². The number of hydrogen-bond acceptors (Lipinski definition) is 9. The lowest BCUT2D eigenvalue weighted by molar-refractivity contribution is -0.143. The van der Waals surface area contributed by atoms with E-state index in [1.54, 1.807) is 13.1 Å². The van der Waals surface area contributed by atoms with Crippen molar-refractivity contribution in [1.29, 1.82) is 0 Å². The molecule has 56 heavy (non-hydrogen) atoms. The van der Waals surface area contributed by atoms with E-state index in [1.165, 1.54) is 11.8 Å². The summed E-state index contributed by atoms with van der Waals surface area (Å²) in [6.07, 6.45) is 1.74. The van der Waals surface area contributed by atoms with Gasteiger partial charge in [0.2, 0.25) is 35.4 Å². The molecule has 0 saturated carbocycles. The summed E-state index contributed by atoms with van der Waals surface area (Å²) in [5.74, 6) is -4.53. The van der Waals surface area contributed by atoms with Gasteiger partial charge in [0, 0.05) is 43.2 Å². The molecule has 0 bridgehead atoms. The van der Waals surface area contributed by atoms with Gasteiger partial charge in [-0.3, -0.25) is 38.8 Å². The van der Waals surface area contributed by atoms with Gasteiger partial charge in [0.15, 0.2) is 11.9 Å². The SMILES string of the molecule is CC[C@@H]1NC(=O)[C@H]([C@@H](C)O)NC(=O)[C@H]2CCCN2C(=O)[C@H](Cc2c[nH]c3ccccc23)NC(=O)[C@H](CCCN=C(N)N)NC(=O)[C@@H](CCCN=C(N)N)NC1=O. The summed E-state index contributed by atoms with van der Waals surface area (Å²) in [7, 11) is 0. The zero-order chi connectivity index (χ0) is 40.9. The molecule has 1 aromatic heterocycles. The molecule has 3 heterocycles. The van der Waals surface area contributed by atoms with Crippen LogP contribution in [0.3, 0.4) is 0 Å². The number of aliphatic imine (C=N–C) groups is 2. The van der Waals surface area contributed by atoms with Crippen LogP contribution in [-0.2, 0) is 35.2 Å². The molecule has 2 aromatic rings. The molecule has 6 amide bonds. The van der Waals surface area contributed by atoms with E-state index in [4.69, 9.17) is 22.9 Å². The third-order valence-corrected chi connectivity index (χ3v) is 9.81. The first kappa shape index (κ1) is 42.8. The molecule has 1 aromatic carbocycles. The highest BCUT2D eigenvalue weighted by Crippen LogP contribution is 2.23. The van der Waals surface area contributed by atoms with Crippen LogP contribution in [0.4, 0.5) is 0 Å². The minimum atomic E-state index is -1.49. The van der Waals surface area contributed by atoms with Gasteiger partial charge in [0.1, 0.15) is 36.3 Å². The van der Waals surface area contributed by atoms with E-state index >= 15 is 0 Å². The van der Waals surface area contributed by atoms with Crippen LogP contribution in [-0.4, -0.2) is 124 Å². The maximum absolute atomic E-state index is 14.5. The van der Waals surface area contributed by atoms with Crippen molar-refractivity contribution in [3.63, 3.8) is 0 Å². The van der Waals surface area contributed by atoms with Crippen molar-refractivity contribution >= 4 is 58.3 Å². The number of para-hydroxylation sites is 1. The zero-order valence-corrected chi connectivity index (χ0v) is 31.8. The minimum absolute atomic E-state index is 0.0225. The third kappa shape index (κ3) is 11.5. The average Bonchev–Trinajstić information content (AvgIpc) is 3.81. The molecule has 0 unspecified atom stereocenters. The number of rotatable bonds is 12. The van der Waals surface area contributed by atoms with Crippen molar-refractivity contribution in [2.24, 2.45) is 32.9 Å². The van der Waals surface area contributed by atoms with Gasteiger partial charge in [-0.1, -0.05) is 25.1 Å². The van der Waals surface area contributed by atoms with Crippen LogP contribution in [0.5, 0.6) is 0 Å². The number of nitrogens with zero attached hydrogens (tertiary/aromatic N) is 3. The number of nitrogens with two attached hydrogens (primary N) is 4. The summed E-state index contributed by atoms with van der Waals surface area (Å²) in [6, 6.07) is 0.0937. The Balaban J connectivity index is 1.76. The second-order valence-electron chi connectivity index (χ2n) is 14.0. The van der Waals surface area contributed by atoms with Crippen molar-refractivity contribution in [2.45, 2.75) is 108 Å². The normalized spacial score (nSPS) is 24.7. The molecule has 306 valence electrons. The summed E-state index contributed by atoms with van der Waals surface area (Å²) >= 11 is 0. The van der Waals surface area contributed by atoms with E-state index in [9.17, 15) is 33.9 Å². The molecule has 20 heteroatoms. The number of nitrogens with one attached hydrogen (secondary N) is 6. The first-order valence-electron chi connectivity index (χ1n) is 18.9. The smallest absolute Gasteiger partial charge is 0.246 e. The molecule has 2 aliphatic rings. The molecule has 20 nitrogen and oxygen atoms in total. The number of aliphatic hydroxyl groups is 1. The van der Waals surface area contributed by atoms with Gasteiger partial charge in [0.25, 0.3) is 0 Å². The second-order valence-corrected chi connectivity index (χ2v) is 14.0. The number of guanidine groups is 2. The highest BCUT2D eigenvalue weighted by Gasteiger charge is 2.41. The van der Waals surface area contributed by atoms with Crippen LogP contribution in [0, 0.1) is 0 Å². The van der Waals surface area contributed by atoms with Gasteiger partial charge >= 0.3 is 0 Å². The van der Waals surface area contributed by atoms with Gasteiger partial charge in [-0.25, -0.2) is 0 Å². The van der Waals surface area contributed by atoms with Gasteiger partial charge in [-0.05, 0) is 63.5 Å². The maximum atomic E-state index is 14.5. The topological polar surface area (TPSA) is 331 Å². The number of aromatic amines is 1. The Kier molecular flexibility index (Phi) is 15.4. The molecule has 0 aliphatic carbocycles. The lowest BCUT2D eigenvalue weighted by Crippen LogP contribution is -2.62. The Morgan fingerprint density at radius 1 is 0.786 bits per heavy atom. The molecule has 7 atom stereocenters. The standard InChI is InChI=1S/C36H55N13O7/c1-3-22-29(51)45-24(11-6-14-41-35(37)38)30(52)46-25(12-7-15-42-36(39)40)31(53)47-26(17-20-18-43-23-10-5-4-9-21(20)23)34(56)49-16-8-13-27(49)32(54)48-28(19(2)50)33(55)44-22/h4-5,9-10,18-19,22,24-28,43,50H,3,6-8,11-17H2,1-2H3,(H,44,55)(H,45,51)(H,46,52)(H,47,53)(H,48,54)(H4,37,38,41)(H4,39,40,42)/t19-,22+,24-,25+,26+,27-,28+/m1/s1. The van der Waals surface area contributed by atoms with Crippen molar-refractivity contribution in [3.05, 3.63) is 36.0 Å². The number of fused-ring (bicyclic) bond motifs is 2. The van der Waals surface area contributed by atoms with Crippen molar-refractivity contribution in [2.75, 3.05) is 19.6 Å². The van der Waals surface area contributed by atoms with E-state index in [0.29, 0.717) is 6.42 Å². The number of H-pyrrole nitrogens is 1. The number of benzene rings is 1. The molecule has 2 fully saturated rings. The Bertz CT molecular complexity index is 1790. The molecule has 15 N–H and O–H groups in total.